The zero-order valence-electron chi connectivity index (χ0n) is 40.7. The molecular formula is C54H57AlN8O8. The van der Waals surface area contributed by atoms with Crippen molar-refractivity contribution in [3.05, 3.63) is 106 Å². The number of fused-ring (bicyclic) bond motifs is 14. The Labute approximate surface area is 416 Å². The third-order valence-electron chi connectivity index (χ3n) is 12.9. The molecule has 16 nitrogen and oxygen atoms in total. The number of carboxylic acid groups (broad SMARTS) is 1. The van der Waals surface area contributed by atoms with E-state index >= 15 is 0 Å². The van der Waals surface area contributed by atoms with Gasteiger partial charge in [0.05, 0.1) is 48.3 Å². The normalized spacial score (nSPS) is 13.8. The molecule has 4 aliphatic heterocycles. The van der Waals surface area contributed by atoms with E-state index in [1.807, 2.05) is 79.9 Å². The summed E-state index contributed by atoms with van der Waals surface area (Å²) in [5, 5.41) is 12.2. The highest BCUT2D eigenvalue weighted by Gasteiger charge is 2.47. The monoisotopic (exact) mass is 972 g/mol. The lowest BCUT2D eigenvalue weighted by molar-refractivity contribution is -0.138. The van der Waals surface area contributed by atoms with Crippen molar-refractivity contribution in [3.63, 3.8) is 0 Å². The lowest BCUT2D eigenvalue weighted by Gasteiger charge is -2.19. The first-order valence-electron chi connectivity index (χ1n) is 25.1. The highest BCUT2D eigenvalue weighted by atomic mass is 27.2. The Kier molecular flexibility index (Phi) is 14.1. The summed E-state index contributed by atoms with van der Waals surface area (Å²) in [6.45, 7) is 10.4. The van der Waals surface area contributed by atoms with Crippen LogP contribution in [0.2, 0.25) is 0 Å². The van der Waals surface area contributed by atoms with E-state index in [0.29, 0.717) is 141 Å². The number of benzene rings is 4. The second-order valence-corrected chi connectivity index (χ2v) is 19.9. The molecule has 0 amide bonds. The fourth-order valence-electron chi connectivity index (χ4n) is 9.26. The van der Waals surface area contributed by atoms with Gasteiger partial charge in [0, 0.05) is 34.7 Å². The quantitative estimate of drug-likeness (QED) is 0.0515. The highest BCUT2D eigenvalue weighted by Crippen LogP contribution is 2.46. The van der Waals surface area contributed by atoms with Crippen molar-refractivity contribution in [1.29, 1.82) is 0 Å². The first-order valence-corrected chi connectivity index (χ1v) is 26.7. The standard InChI is InChI=1S/C48H48N8O4.C6H10O4.Al/c1-5-9-25-57-33-21-13-17-29-37(33)45-49-41(29)54-46-39-31(19-15-23-35(39)59-27-11-7-3)43(51-46)56-48-40-32(20-16-24-36(40)60-28-12-8-4)44(52-48)55-47-38-30(42(50-47)53-45)18-14-22-34(38)58-26-10-6-2;7-5(8)3-1-2-4-6(9)10;/h13-24H,5-12,25-28H2,1-4H3;1-4H2,(H,7,8)(H,9,10);/q-2;;+3/p-1. The number of carbonyl (C=O) groups excluding carboxylic acids is 1. The smallest absolute Gasteiger partial charge is 0.582 e. The van der Waals surface area contributed by atoms with Crippen LogP contribution >= 0.6 is 0 Å². The van der Waals surface area contributed by atoms with Gasteiger partial charge in [0.1, 0.15) is 45.6 Å². The number of carboxylic acids is 1. The van der Waals surface area contributed by atoms with Gasteiger partial charge in [0.25, 0.3) is 5.97 Å². The van der Waals surface area contributed by atoms with Crippen LogP contribution in [0.15, 0.2) is 103 Å². The van der Waals surface area contributed by atoms with Gasteiger partial charge in [-0.1, -0.05) is 102 Å². The van der Waals surface area contributed by atoms with Crippen LogP contribution in [0.3, 0.4) is 0 Å². The molecule has 6 heterocycles. The highest BCUT2D eigenvalue weighted by molar-refractivity contribution is 6.53. The maximum Gasteiger partial charge on any atom is 0.904 e. The molecule has 4 aliphatic rings. The molecule has 10 rings (SSSR count). The zero-order chi connectivity index (χ0) is 49.0. The van der Waals surface area contributed by atoms with Crippen molar-refractivity contribution in [2.24, 2.45) is 30.0 Å². The van der Waals surface area contributed by atoms with Crippen molar-refractivity contribution in [1.82, 2.24) is 7.10 Å². The van der Waals surface area contributed by atoms with Gasteiger partial charge in [-0.3, -0.25) is 9.59 Å². The summed E-state index contributed by atoms with van der Waals surface area (Å²) in [5.41, 5.74) is 3.66. The molecule has 17 heteroatoms. The molecule has 6 bridgehead atoms. The van der Waals surface area contributed by atoms with Crippen molar-refractivity contribution in [3.8, 4) is 23.0 Å². The summed E-state index contributed by atoms with van der Waals surface area (Å²) in [6.07, 6.45) is 7.59. The number of amidine groups is 4. The molecule has 4 aromatic carbocycles. The molecule has 71 heavy (non-hydrogen) atoms. The van der Waals surface area contributed by atoms with E-state index in [9.17, 15) is 14.7 Å². The minimum Gasteiger partial charge on any atom is -0.582 e. The number of unbranched alkanes of at least 4 members (excludes halogenated alkanes) is 5. The number of hydrogen-bond donors (Lipinski definition) is 1. The summed E-state index contributed by atoms with van der Waals surface area (Å²) in [4.78, 5) is 58.9. The number of aromatic nitrogens is 2. The molecule has 6 aromatic rings. The maximum absolute atomic E-state index is 14.7. The third-order valence-corrected chi connectivity index (χ3v) is 15.2. The van der Waals surface area contributed by atoms with Crippen molar-refractivity contribution >= 4 is 83.4 Å². The van der Waals surface area contributed by atoms with Crippen LogP contribution in [0.5, 0.6) is 23.0 Å². The van der Waals surface area contributed by atoms with Crippen LogP contribution in [0.1, 0.15) is 127 Å². The molecule has 0 atom stereocenters. The van der Waals surface area contributed by atoms with Gasteiger partial charge in [0.15, 0.2) is 23.3 Å². The van der Waals surface area contributed by atoms with Crippen molar-refractivity contribution in [2.45, 2.75) is 105 Å². The van der Waals surface area contributed by atoms with Crippen molar-refractivity contribution < 1.29 is 37.4 Å². The Morgan fingerprint density at radius 1 is 0.493 bits per heavy atom. The van der Waals surface area contributed by atoms with Crippen LogP contribution in [0.25, 0.3) is 21.5 Å². The van der Waals surface area contributed by atoms with Crippen LogP contribution < -0.4 is 29.9 Å². The van der Waals surface area contributed by atoms with Gasteiger partial charge in [-0.15, -0.1) is 0 Å². The maximum atomic E-state index is 14.7. The van der Waals surface area contributed by atoms with E-state index in [1.165, 1.54) is 0 Å². The van der Waals surface area contributed by atoms with Gasteiger partial charge < -0.3 is 34.9 Å². The predicted molar refractivity (Wildman–Crippen MR) is 275 cm³/mol. The number of aliphatic carboxylic acids is 1. The van der Waals surface area contributed by atoms with E-state index < -0.39 is 26.9 Å². The molecule has 0 radical (unpaired) electrons. The van der Waals surface area contributed by atoms with Gasteiger partial charge in [-0.2, -0.15) is 0 Å². The summed E-state index contributed by atoms with van der Waals surface area (Å²) in [5.74, 6) is 3.31. The van der Waals surface area contributed by atoms with Gasteiger partial charge in [0.2, 0.25) is 0 Å². The average Bonchev–Trinajstić information content (AvgIpc) is 4.09. The van der Waals surface area contributed by atoms with E-state index in [0.717, 1.165) is 62.5 Å². The first kappa shape index (κ1) is 47.6. The molecule has 0 saturated heterocycles. The average molecular weight is 973 g/mol. The van der Waals surface area contributed by atoms with Crippen LogP contribution in [-0.2, 0) is 13.4 Å². The minimum atomic E-state index is -3.66. The number of hydrogen-bond acceptors (Lipinski definition) is 13. The van der Waals surface area contributed by atoms with Crippen LogP contribution in [-0.4, -0.2) is 88.8 Å². The number of aliphatic imine (C=N–C) groups is 4. The lowest BCUT2D eigenvalue weighted by Crippen LogP contribution is -2.49. The fourth-order valence-corrected chi connectivity index (χ4v) is 11.7. The van der Waals surface area contributed by atoms with Crippen molar-refractivity contribution in [2.75, 3.05) is 26.4 Å². The number of rotatable bonds is 22. The second kappa shape index (κ2) is 21.1. The topological polar surface area (TPSA) is 185 Å². The van der Waals surface area contributed by atoms with E-state index in [4.69, 9.17) is 52.7 Å². The second-order valence-electron chi connectivity index (χ2n) is 17.9. The van der Waals surface area contributed by atoms with Gasteiger partial charge in [-0.25, -0.2) is 30.0 Å². The lowest BCUT2D eigenvalue weighted by atomic mass is 10.1. The van der Waals surface area contributed by atoms with E-state index in [1.54, 1.807) is 0 Å². The first-order chi connectivity index (χ1) is 34.8. The number of nitrogens with zero attached hydrogens (tertiary/aromatic N) is 8. The molecule has 364 valence electrons. The Morgan fingerprint density at radius 2 is 0.972 bits per heavy atom. The molecule has 0 spiro atoms. The molecule has 0 fully saturated rings. The molecule has 0 aliphatic carbocycles. The Morgan fingerprint density at radius 3 is 1.58 bits per heavy atom. The molecule has 2 aromatic heterocycles. The molecule has 0 saturated carbocycles. The Balaban J connectivity index is 1.38. The largest absolute Gasteiger partial charge is 0.904 e. The molecular weight excluding hydrogens is 916 g/mol. The molecule has 1 N–H and O–H groups in total. The minimum absolute atomic E-state index is 0.0328. The van der Waals surface area contributed by atoms with Gasteiger partial charge in [-0.05, 0) is 62.8 Å². The fraction of sp³-hybridized carbons (Fsp3) is 0.370. The SMILES string of the molecule is CCCCOc1cccc2c1C1=NC2=Nc2c3c(OCCCC)cccc3c3[n]2[Al]([O]C(=O)CCCCC(=O)O)[n]2c(c4cccc(OCCCC)c4c2=NC2=NC(=N3)c3c(OCCCC)cccc32)=N1. The van der Waals surface area contributed by atoms with Gasteiger partial charge >= 0.3 is 20.9 Å². The summed E-state index contributed by atoms with van der Waals surface area (Å²) in [6, 6.07) is 23.4. The number of ether oxygens (including phenoxy) is 4. The Hall–Kier alpha value is -7.09. The zero-order valence-corrected chi connectivity index (χ0v) is 41.9. The van der Waals surface area contributed by atoms with E-state index in [-0.39, 0.29) is 12.8 Å². The van der Waals surface area contributed by atoms with Crippen LogP contribution in [0, 0.1) is 0 Å². The molecule has 0 unspecified atom stereocenters. The predicted octanol–water partition coefficient (Wildman–Crippen LogP) is 9.82. The summed E-state index contributed by atoms with van der Waals surface area (Å²) in [7, 11) is 0. The number of carbonyl (C=O) groups is 2. The summed E-state index contributed by atoms with van der Waals surface area (Å²) < 4.78 is 37.2. The Bertz CT molecular complexity index is 3330. The van der Waals surface area contributed by atoms with Crippen LogP contribution in [0.4, 0.5) is 11.6 Å². The van der Waals surface area contributed by atoms with E-state index in [2.05, 4.69) is 27.7 Å². The third kappa shape index (κ3) is 9.13. The summed E-state index contributed by atoms with van der Waals surface area (Å²) >= 11 is -3.66.